The van der Waals surface area contributed by atoms with Crippen LogP contribution in [-0.4, -0.2) is 17.1 Å². The molecular formula is C12H10ClN3OS. The van der Waals surface area contributed by atoms with Gasteiger partial charge in [-0.05, 0) is 31.2 Å². The summed E-state index contributed by atoms with van der Waals surface area (Å²) in [7, 11) is 0. The van der Waals surface area contributed by atoms with Crippen LogP contribution in [-0.2, 0) is 0 Å². The Kier molecular flexibility index (Phi) is 4.07. The standard InChI is InChI=1S/C12H10ClN3OS/c1-8-2-3-9(6-14-8)12(17)16-15-7-10-4-5-11(13)18-10/h2-7H,1H3,(H,16,17)/b15-7-. The van der Waals surface area contributed by atoms with Gasteiger partial charge in [0, 0.05) is 16.8 Å². The van der Waals surface area contributed by atoms with E-state index in [1.807, 2.05) is 13.0 Å². The number of amides is 1. The Hall–Kier alpha value is -1.72. The summed E-state index contributed by atoms with van der Waals surface area (Å²) < 4.78 is 0.686. The van der Waals surface area contributed by atoms with Crippen LogP contribution in [0.15, 0.2) is 35.6 Å². The molecule has 0 saturated heterocycles. The zero-order valence-corrected chi connectivity index (χ0v) is 11.1. The smallest absolute Gasteiger partial charge is 0.267 e. The molecule has 2 heterocycles. The van der Waals surface area contributed by atoms with Gasteiger partial charge in [-0.15, -0.1) is 11.3 Å². The number of carbonyl (C=O) groups excluding carboxylic acids is 1. The third-order valence-corrected chi connectivity index (χ3v) is 3.29. The van der Waals surface area contributed by atoms with E-state index in [1.54, 1.807) is 24.4 Å². The normalized spacial score (nSPS) is 10.8. The Balaban J connectivity index is 1.96. The number of halogens is 1. The minimum absolute atomic E-state index is 0.290. The average Bonchev–Trinajstić information content (AvgIpc) is 2.76. The highest BCUT2D eigenvalue weighted by Crippen LogP contribution is 2.19. The van der Waals surface area contributed by atoms with Gasteiger partial charge in [0.15, 0.2) is 0 Å². The van der Waals surface area contributed by atoms with Crippen LogP contribution in [0.25, 0.3) is 0 Å². The van der Waals surface area contributed by atoms with Crippen LogP contribution in [0, 0.1) is 6.92 Å². The molecule has 2 rings (SSSR count). The molecule has 0 saturated carbocycles. The van der Waals surface area contributed by atoms with Gasteiger partial charge in [-0.25, -0.2) is 5.43 Å². The van der Waals surface area contributed by atoms with E-state index in [0.29, 0.717) is 9.90 Å². The zero-order valence-electron chi connectivity index (χ0n) is 9.55. The van der Waals surface area contributed by atoms with Gasteiger partial charge in [0.1, 0.15) is 0 Å². The van der Waals surface area contributed by atoms with Gasteiger partial charge in [0.05, 0.1) is 16.1 Å². The van der Waals surface area contributed by atoms with E-state index in [-0.39, 0.29) is 5.91 Å². The second-order valence-corrected chi connectivity index (χ2v) is 5.28. The van der Waals surface area contributed by atoms with Crippen molar-refractivity contribution in [3.8, 4) is 0 Å². The van der Waals surface area contributed by atoms with Gasteiger partial charge in [-0.1, -0.05) is 11.6 Å². The Morgan fingerprint density at radius 1 is 1.44 bits per heavy atom. The van der Waals surface area contributed by atoms with E-state index >= 15 is 0 Å². The molecule has 0 aliphatic carbocycles. The number of nitrogens with one attached hydrogen (secondary N) is 1. The topological polar surface area (TPSA) is 54.4 Å². The predicted octanol–water partition coefficient (Wildman–Crippen LogP) is 2.87. The molecule has 0 aliphatic heterocycles. The fourth-order valence-corrected chi connectivity index (χ4v) is 2.15. The Morgan fingerprint density at radius 2 is 2.28 bits per heavy atom. The van der Waals surface area contributed by atoms with Crippen molar-refractivity contribution in [3.63, 3.8) is 0 Å². The van der Waals surface area contributed by atoms with Crippen LogP contribution in [0.5, 0.6) is 0 Å². The number of nitrogens with zero attached hydrogens (tertiary/aromatic N) is 2. The highest BCUT2D eigenvalue weighted by atomic mass is 35.5. The van der Waals surface area contributed by atoms with Gasteiger partial charge in [-0.2, -0.15) is 5.10 Å². The lowest BCUT2D eigenvalue weighted by molar-refractivity contribution is 0.0955. The third-order valence-electron chi connectivity index (χ3n) is 2.13. The lowest BCUT2D eigenvalue weighted by atomic mass is 10.2. The van der Waals surface area contributed by atoms with Gasteiger partial charge in [0.25, 0.3) is 5.91 Å². The highest BCUT2D eigenvalue weighted by molar-refractivity contribution is 7.17. The van der Waals surface area contributed by atoms with E-state index in [4.69, 9.17) is 11.6 Å². The molecule has 0 bridgehead atoms. The molecule has 92 valence electrons. The van der Waals surface area contributed by atoms with Crippen LogP contribution < -0.4 is 5.43 Å². The van der Waals surface area contributed by atoms with Crippen molar-refractivity contribution >= 4 is 35.1 Å². The van der Waals surface area contributed by atoms with E-state index in [9.17, 15) is 4.79 Å². The first-order valence-electron chi connectivity index (χ1n) is 5.16. The van der Waals surface area contributed by atoms with E-state index in [1.165, 1.54) is 17.5 Å². The molecule has 2 aromatic rings. The van der Waals surface area contributed by atoms with Crippen molar-refractivity contribution in [3.05, 3.63) is 50.9 Å². The average molecular weight is 280 g/mol. The second kappa shape index (κ2) is 5.75. The molecule has 2 aromatic heterocycles. The van der Waals surface area contributed by atoms with E-state index in [2.05, 4.69) is 15.5 Å². The van der Waals surface area contributed by atoms with Crippen LogP contribution in [0.1, 0.15) is 20.9 Å². The number of hydrogen-bond acceptors (Lipinski definition) is 4. The summed E-state index contributed by atoms with van der Waals surface area (Å²) in [6.45, 7) is 1.86. The molecule has 1 amide bonds. The maximum absolute atomic E-state index is 11.7. The first-order chi connectivity index (χ1) is 8.65. The summed E-state index contributed by atoms with van der Waals surface area (Å²) in [4.78, 5) is 16.6. The van der Waals surface area contributed by atoms with Gasteiger partial charge in [0.2, 0.25) is 0 Å². The molecule has 1 N–H and O–H groups in total. The second-order valence-electron chi connectivity index (χ2n) is 3.53. The molecular weight excluding hydrogens is 270 g/mol. The zero-order chi connectivity index (χ0) is 13.0. The Morgan fingerprint density at radius 3 is 2.89 bits per heavy atom. The summed E-state index contributed by atoms with van der Waals surface area (Å²) in [6, 6.07) is 7.09. The summed E-state index contributed by atoms with van der Waals surface area (Å²) in [6.07, 6.45) is 3.07. The summed E-state index contributed by atoms with van der Waals surface area (Å²) in [5, 5.41) is 3.85. The maximum Gasteiger partial charge on any atom is 0.272 e. The van der Waals surface area contributed by atoms with Crippen molar-refractivity contribution in [1.82, 2.24) is 10.4 Å². The molecule has 0 unspecified atom stereocenters. The van der Waals surface area contributed by atoms with Gasteiger partial charge < -0.3 is 0 Å². The van der Waals surface area contributed by atoms with E-state index < -0.39 is 0 Å². The molecule has 4 nitrogen and oxygen atoms in total. The third kappa shape index (κ3) is 3.38. The maximum atomic E-state index is 11.7. The Bertz CT molecular complexity index is 577. The number of rotatable bonds is 3. The molecule has 6 heteroatoms. The minimum atomic E-state index is -0.290. The fourth-order valence-electron chi connectivity index (χ4n) is 1.22. The number of hydrazone groups is 1. The lowest BCUT2D eigenvalue weighted by Gasteiger charge is -1.98. The predicted molar refractivity (Wildman–Crippen MR) is 73.4 cm³/mol. The van der Waals surface area contributed by atoms with Crippen molar-refractivity contribution in [2.24, 2.45) is 5.10 Å². The largest absolute Gasteiger partial charge is 0.272 e. The quantitative estimate of drug-likeness (QED) is 0.694. The first kappa shape index (κ1) is 12.7. The van der Waals surface area contributed by atoms with Crippen molar-refractivity contribution < 1.29 is 4.79 Å². The van der Waals surface area contributed by atoms with Crippen LogP contribution in [0.3, 0.4) is 0 Å². The SMILES string of the molecule is Cc1ccc(C(=O)N/N=C\c2ccc(Cl)s2)cn1. The van der Waals surface area contributed by atoms with Crippen molar-refractivity contribution in [1.29, 1.82) is 0 Å². The van der Waals surface area contributed by atoms with Gasteiger partial charge >= 0.3 is 0 Å². The number of carbonyl (C=O) groups is 1. The molecule has 0 spiro atoms. The molecule has 18 heavy (non-hydrogen) atoms. The van der Waals surface area contributed by atoms with Crippen molar-refractivity contribution in [2.45, 2.75) is 6.92 Å². The van der Waals surface area contributed by atoms with Crippen LogP contribution in [0.2, 0.25) is 4.34 Å². The van der Waals surface area contributed by atoms with Crippen LogP contribution in [0.4, 0.5) is 0 Å². The van der Waals surface area contributed by atoms with Crippen molar-refractivity contribution in [2.75, 3.05) is 0 Å². The number of hydrogen-bond donors (Lipinski definition) is 1. The number of thiophene rings is 1. The number of pyridine rings is 1. The summed E-state index contributed by atoms with van der Waals surface area (Å²) in [5.41, 5.74) is 3.77. The summed E-state index contributed by atoms with van der Waals surface area (Å²) in [5.74, 6) is -0.290. The number of aromatic nitrogens is 1. The minimum Gasteiger partial charge on any atom is -0.267 e. The lowest BCUT2D eigenvalue weighted by Crippen LogP contribution is -2.17. The Labute approximate surface area is 113 Å². The molecule has 0 atom stereocenters. The monoisotopic (exact) mass is 279 g/mol. The molecule has 0 aliphatic rings. The molecule has 0 fully saturated rings. The van der Waals surface area contributed by atoms with Crippen LogP contribution >= 0.6 is 22.9 Å². The fraction of sp³-hybridized carbons (Fsp3) is 0.0833. The van der Waals surface area contributed by atoms with Gasteiger partial charge in [-0.3, -0.25) is 9.78 Å². The molecule has 0 aromatic carbocycles. The van der Waals surface area contributed by atoms with E-state index in [0.717, 1.165) is 10.6 Å². The first-order valence-corrected chi connectivity index (χ1v) is 6.36. The molecule has 0 radical (unpaired) electrons. The summed E-state index contributed by atoms with van der Waals surface area (Å²) >= 11 is 7.16. The highest BCUT2D eigenvalue weighted by Gasteiger charge is 2.03. The number of aryl methyl sites for hydroxylation is 1.